The van der Waals surface area contributed by atoms with Crippen molar-refractivity contribution in [3.8, 4) is 5.75 Å². The van der Waals surface area contributed by atoms with Gasteiger partial charge in [-0.15, -0.1) is 0 Å². The minimum atomic E-state index is -0.588. The molecule has 162 valence electrons. The van der Waals surface area contributed by atoms with Gasteiger partial charge in [0.25, 0.3) is 5.91 Å². The molecule has 31 heavy (non-hydrogen) atoms. The maximum atomic E-state index is 12.9. The summed E-state index contributed by atoms with van der Waals surface area (Å²) in [6.45, 7) is 2.91. The Morgan fingerprint density at radius 2 is 2.06 bits per heavy atom. The Labute approximate surface area is 178 Å². The summed E-state index contributed by atoms with van der Waals surface area (Å²) in [7, 11) is 1.62. The van der Waals surface area contributed by atoms with E-state index in [4.69, 9.17) is 10.5 Å². The SMILES string of the molecule is CN=c1cc(N2CCOc3cc(C(=O)N4CCCC4C(N)=O)cnc32)ccn1C(C)=O. The van der Waals surface area contributed by atoms with E-state index in [9.17, 15) is 14.4 Å². The summed E-state index contributed by atoms with van der Waals surface area (Å²) in [5, 5.41) is 0. The largest absolute Gasteiger partial charge is 0.488 e. The van der Waals surface area contributed by atoms with E-state index in [0.29, 0.717) is 48.7 Å². The first-order valence-electron chi connectivity index (χ1n) is 10.1. The van der Waals surface area contributed by atoms with Crippen LogP contribution in [0.1, 0.15) is 34.9 Å². The van der Waals surface area contributed by atoms with Crippen LogP contribution < -0.4 is 20.9 Å². The quantitative estimate of drug-likeness (QED) is 0.774. The van der Waals surface area contributed by atoms with E-state index in [2.05, 4.69) is 9.98 Å². The molecule has 1 saturated heterocycles. The molecule has 1 atom stereocenters. The van der Waals surface area contributed by atoms with Crippen molar-refractivity contribution in [2.24, 2.45) is 10.7 Å². The van der Waals surface area contributed by atoms with Gasteiger partial charge in [-0.3, -0.25) is 23.9 Å². The van der Waals surface area contributed by atoms with Crippen molar-refractivity contribution in [2.75, 3.05) is 31.6 Å². The molecular formula is C21H24N6O4. The van der Waals surface area contributed by atoms with Crippen molar-refractivity contribution >= 4 is 29.2 Å². The molecule has 0 aromatic carbocycles. The van der Waals surface area contributed by atoms with Gasteiger partial charge >= 0.3 is 0 Å². The minimum absolute atomic E-state index is 0.132. The van der Waals surface area contributed by atoms with Gasteiger partial charge in [0.05, 0.1) is 12.1 Å². The summed E-state index contributed by atoms with van der Waals surface area (Å²) in [6, 6.07) is 4.68. The first-order valence-corrected chi connectivity index (χ1v) is 10.1. The Bertz CT molecular complexity index is 1130. The third-order valence-electron chi connectivity index (χ3n) is 5.55. The van der Waals surface area contributed by atoms with Crippen LogP contribution in [0.15, 0.2) is 35.6 Å². The third kappa shape index (κ3) is 3.76. The van der Waals surface area contributed by atoms with E-state index < -0.39 is 11.9 Å². The van der Waals surface area contributed by atoms with E-state index >= 15 is 0 Å². The number of carbonyl (C=O) groups is 3. The molecule has 0 radical (unpaired) electrons. The number of hydrogen-bond acceptors (Lipinski definition) is 7. The highest BCUT2D eigenvalue weighted by atomic mass is 16.5. The smallest absolute Gasteiger partial charge is 0.256 e. The lowest BCUT2D eigenvalue weighted by atomic mass is 10.1. The van der Waals surface area contributed by atoms with E-state index in [1.54, 1.807) is 25.4 Å². The molecule has 4 rings (SSSR count). The lowest BCUT2D eigenvalue weighted by Gasteiger charge is -2.30. The van der Waals surface area contributed by atoms with Gasteiger partial charge in [-0.1, -0.05) is 0 Å². The fourth-order valence-electron chi connectivity index (χ4n) is 4.02. The summed E-state index contributed by atoms with van der Waals surface area (Å²) < 4.78 is 7.24. The summed E-state index contributed by atoms with van der Waals surface area (Å²) >= 11 is 0. The Morgan fingerprint density at radius 3 is 2.77 bits per heavy atom. The van der Waals surface area contributed by atoms with Crippen molar-refractivity contribution < 1.29 is 19.1 Å². The van der Waals surface area contributed by atoms with Crippen molar-refractivity contribution in [3.05, 3.63) is 41.6 Å². The Balaban J connectivity index is 1.66. The van der Waals surface area contributed by atoms with E-state index in [-0.39, 0.29) is 11.8 Å². The second-order valence-electron chi connectivity index (χ2n) is 7.46. The number of anilines is 2. The van der Waals surface area contributed by atoms with Crippen LogP contribution in [0.5, 0.6) is 5.75 Å². The van der Waals surface area contributed by atoms with Crippen LogP contribution in [0.2, 0.25) is 0 Å². The molecule has 2 aromatic rings. The number of ether oxygens (including phenoxy) is 1. The van der Waals surface area contributed by atoms with E-state index in [1.165, 1.54) is 22.6 Å². The standard InChI is InChI=1S/C21H24N6O4/c1-13(28)25-7-5-15(11-18(25)23-2)26-8-9-31-17-10-14(12-24-20(17)26)21(30)27-6-3-4-16(27)19(22)29/h5,7,10-12,16H,3-4,6,8-9H2,1-2H3,(H2,22,29). The summed E-state index contributed by atoms with van der Waals surface area (Å²) in [5.41, 5.74) is 7.12. The number of hydrogen-bond donors (Lipinski definition) is 1. The van der Waals surface area contributed by atoms with Gasteiger partial charge in [-0.2, -0.15) is 0 Å². The third-order valence-corrected chi connectivity index (χ3v) is 5.55. The van der Waals surface area contributed by atoms with Gasteiger partial charge in [0.15, 0.2) is 11.6 Å². The molecule has 10 heteroatoms. The van der Waals surface area contributed by atoms with E-state index in [0.717, 1.165) is 12.1 Å². The van der Waals surface area contributed by atoms with E-state index in [1.807, 2.05) is 11.0 Å². The van der Waals surface area contributed by atoms with Gasteiger partial charge in [0.1, 0.15) is 18.1 Å². The topological polar surface area (TPSA) is 123 Å². The van der Waals surface area contributed by atoms with Gasteiger partial charge < -0.3 is 20.3 Å². The molecule has 1 fully saturated rings. The number of primary amides is 1. The molecule has 1 unspecified atom stereocenters. The number of carbonyl (C=O) groups excluding carboxylic acids is 3. The van der Waals surface area contributed by atoms with Crippen LogP contribution in [0, 0.1) is 0 Å². The molecule has 2 amide bonds. The summed E-state index contributed by atoms with van der Waals surface area (Å²) in [5.74, 6) is 0.130. The normalized spacial score (nSPS) is 18.5. The van der Waals surface area contributed by atoms with Crippen LogP contribution >= 0.6 is 0 Å². The summed E-state index contributed by atoms with van der Waals surface area (Å²) in [4.78, 5) is 48.5. The number of aromatic nitrogens is 2. The van der Waals surface area contributed by atoms with Gasteiger partial charge in [-0.25, -0.2) is 4.98 Å². The van der Waals surface area contributed by atoms with Crippen LogP contribution in [-0.4, -0.2) is 65.0 Å². The molecule has 2 aromatic heterocycles. The highest BCUT2D eigenvalue weighted by Crippen LogP contribution is 2.35. The first kappa shape index (κ1) is 20.6. The second-order valence-corrected chi connectivity index (χ2v) is 7.46. The maximum Gasteiger partial charge on any atom is 0.256 e. The fraction of sp³-hybridized carbons (Fsp3) is 0.381. The van der Waals surface area contributed by atoms with Gasteiger partial charge in [0.2, 0.25) is 11.8 Å². The van der Waals surface area contributed by atoms with Crippen LogP contribution in [0.3, 0.4) is 0 Å². The highest BCUT2D eigenvalue weighted by Gasteiger charge is 2.34. The van der Waals surface area contributed by atoms with Crippen LogP contribution in [0.25, 0.3) is 0 Å². The lowest BCUT2D eigenvalue weighted by Crippen LogP contribution is -2.43. The zero-order valence-electron chi connectivity index (χ0n) is 17.4. The van der Waals surface area contributed by atoms with Gasteiger partial charge in [-0.05, 0) is 25.0 Å². The average molecular weight is 424 g/mol. The predicted molar refractivity (Wildman–Crippen MR) is 112 cm³/mol. The molecular weight excluding hydrogens is 400 g/mol. The Hall–Kier alpha value is -3.69. The van der Waals surface area contributed by atoms with Crippen molar-refractivity contribution in [1.82, 2.24) is 14.5 Å². The first-order chi connectivity index (χ1) is 14.9. The predicted octanol–water partition coefficient (Wildman–Crippen LogP) is 0.694. The van der Waals surface area contributed by atoms with Crippen molar-refractivity contribution in [3.63, 3.8) is 0 Å². The number of nitrogens with two attached hydrogens (primary N) is 1. The van der Waals surface area contributed by atoms with Crippen LogP contribution in [-0.2, 0) is 4.79 Å². The zero-order chi connectivity index (χ0) is 22.1. The monoisotopic (exact) mass is 424 g/mol. The number of pyridine rings is 2. The maximum absolute atomic E-state index is 12.9. The number of fused-ring (bicyclic) bond motifs is 1. The Morgan fingerprint density at radius 1 is 1.26 bits per heavy atom. The number of rotatable bonds is 3. The minimum Gasteiger partial charge on any atom is -0.488 e. The molecule has 0 aliphatic carbocycles. The number of amides is 2. The summed E-state index contributed by atoms with van der Waals surface area (Å²) in [6.07, 6.45) is 4.47. The molecule has 0 bridgehead atoms. The van der Waals surface area contributed by atoms with Gasteiger partial charge in [0, 0.05) is 44.7 Å². The lowest BCUT2D eigenvalue weighted by molar-refractivity contribution is -0.121. The Kier molecular flexibility index (Phi) is 5.45. The number of nitrogens with zero attached hydrogens (tertiary/aromatic N) is 5. The fourth-order valence-corrected chi connectivity index (χ4v) is 4.02. The molecule has 0 saturated carbocycles. The van der Waals surface area contributed by atoms with Crippen molar-refractivity contribution in [1.29, 1.82) is 0 Å². The molecule has 2 N–H and O–H groups in total. The van der Waals surface area contributed by atoms with Crippen LogP contribution in [0.4, 0.5) is 11.5 Å². The molecule has 4 heterocycles. The molecule has 0 spiro atoms. The average Bonchev–Trinajstić information content (AvgIpc) is 3.27. The molecule has 2 aliphatic heterocycles. The second kappa shape index (κ2) is 8.21. The zero-order valence-corrected chi connectivity index (χ0v) is 17.4. The van der Waals surface area contributed by atoms with Crippen molar-refractivity contribution in [2.45, 2.75) is 25.8 Å². The molecule has 10 nitrogen and oxygen atoms in total. The highest BCUT2D eigenvalue weighted by molar-refractivity contribution is 5.98. The number of likely N-dealkylation sites (tertiary alicyclic amines) is 1. The molecule has 2 aliphatic rings.